The van der Waals surface area contributed by atoms with Crippen molar-refractivity contribution < 1.29 is 28.6 Å². The van der Waals surface area contributed by atoms with E-state index in [0.717, 1.165) is 7.11 Å². The van der Waals surface area contributed by atoms with Gasteiger partial charge < -0.3 is 14.2 Å². The number of para-hydroxylation sites is 1. The lowest BCUT2D eigenvalue weighted by atomic mass is 10.1. The van der Waals surface area contributed by atoms with Gasteiger partial charge in [0.1, 0.15) is 12.4 Å². The van der Waals surface area contributed by atoms with Crippen molar-refractivity contribution in [1.29, 1.82) is 0 Å². The van der Waals surface area contributed by atoms with Crippen LogP contribution in [0.15, 0.2) is 54.6 Å². The monoisotopic (exact) mass is 357 g/mol. The predicted molar refractivity (Wildman–Crippen MR) is 92.6 cm³/mol. The van der Waals surface area contributed by atoms with Gasteiger partial charge in [-0.3, -0.25) is 10.1 Å². The molecular formula is C19H19NO6. The Morgan fingerprint density at radius 3 is 2.35 bits per heavy atom. The zero-order valence-electron chi connectivity index (χ0n) is 14.4. The van der Waals surface area contributed by atoms with Gasteiger partial charge in [0.05, 0.1) is 12.7 Å². The van der Waals surface area contributed by atoms with Crippen molar-refractivity contribution in [3.05, 3.63) is 65.7 Å². The Morgan fingerprint density at radius 1 is 1.00 bits per heavy atom. The van der Waals surface area contributed by atoms with Crippen LogP contribution in [0.2, 0.25) is 0 Å². The number of hydrogen-bond acceptors (Lipinski definition) is 6. The molecule has 1 atom stereocenters. The Kier molecular flexibility index (Phi) is 6.73. The number of hydrogen-bond donors (Lipinski definition) is 1. The fourth-order valence-electron chi connectivity index (χ4n) is 2.05. The van der Waals surface area contributed by atoms with Gasteiger partial charge >= 0.3 is 12.1 Å². The molecule has 0 saturated heterocycles. The van der Waals surface area contributed by atoms with Crippen molar-refractivity contribution in [3.63, 3.8) is 0 Å². The number of carbonyl (C=O) groups excluding carboxylic acids is 3. The predicted octanol–water partition coefficient (Wildman–Crippen LogP) is 2.69. The maximum absolute atomic E-state index is 12.4. The number of methoxy groups -OCH3 is 1. The highest BCUT2D eigenvalue weighted by Crippen LogP contribution is 2.16. The highest BCUT2D eigenvalue weighted by Gasteiger charge is 2.22. The molecule has 7 nitrogen and oxygen atoms in total. The summed E-state index contributed by atoms with van der Waals surface area (Å²) in [4.78, 5) is 35.2. The fourth-order valence-corrected chi connectivity index (χ4v) is 2.05. The van der Waals surface area contributed by atoms with E-state index in [1.807, 2.05) is 23.5 Å². The van der Waals surface area contributed by atoms with E-state index in [2.05, 4.69) is 4.74 Å². The van der Waals surface area contributed by atoms with Crippen molar-refractivity contribution in [2.45, 2.75) is 19.6 Å². The molecule has 0 heterocycles. The van der Waals surface area contributed by atoms with Crippen LogP contribution in [0.3, 0.4) is 0 Å². The summed E-state index contributed by atoms with van der Waals surface area (Å²) in [5.74, 6) is -0.797. The van der Waals surface area contributed by atoms with E-state index in [0.29, 0.717) is 11.3 Å². The van der Waals surface area contributed by atoms with Gasteiger partial charge in [-0.05, 0) is 25.1 Å². The molecule has 1 N–H and O–H groups in total. The number of ether oxygens (including phenoxy) is 3. The Balaban J connectivity index is 2.02. The number of alkyl carbamates (subject to hydrolysis) is 1. The second-order valence-corrected chi connectivity index (χ2v) is 5.29. The van der Waals surface area contributed by atoms with E-state index in [1.54, 1.807) is 36.4 Å². The van der Waals surface area contributed by atoms with Crippen LogP contribution in [0.4, 0.5) is 4.79 Å². The highest BCUT2D eigenvalue weighted by atomic mass is 16.6. The van der Waals surface area contributed by atoms with Gasteiger partial charge in [0, 0.05) is 5.56 Å². The maximum Gasteiger partial charge on any atom is 0.413 e. The lowest BCUT2D eigenvalue weighted by molar-refractivity contribution is -0.128. The van der Waals surface area contributed by atoms with Crippen LogP contribution in [-0.2, 0) is 20.9 Å². The molecular weight excluding hydrogens is 338 g/mol. The molecule has 2 aromatic rings. The van der Waals surface area contributed by atoms with Gasteiger partial charge in [-0.1, -0.05) is 36.4 Å². The molecule has 0 saturated carbocycles. The number of esters is 1. The quantitative estimate of drug-likeness (QED) is 0.800. The van der Waals surface area contributed by atoms with E-state index in [-0.39, 0.29) is 12.2 Å². The summed E-state index contributed by atoms with van der Waals surface area (Å²) in [6.45, 7) is 1.53. The van der Waals surface area contributed by atoms with Crippen molar-refractivity contribution in [2.24, 2.45) is 0 Å². The van der Waals surface area contributed by atoms with Crippen LogP contribution in [0, 0.1) is 0 Å². The molecule has 0 spiro atoms. The average molecular weight is 357 g/mol. The second kappa shape index (κ2) is 9.22. The van der Waals surface area contributed by atoms with E-state index in [9.17, 15) is 14.4 Å². The first-order valence-electron chi connectivity index (χ1n) is 7.86. The van der Waals surface area contributed by atoms with Crippen molar-refractivity contribution in [3.8, 4) is 5.75 Å². The van der Waals surface area contributed by atoms with Crippen LogP contribution < -0.4 is 10.1 Å². The van der Waals surface area contributed by atoms with Crippen molar-refractivity contribution >= 4 is 18.0 Å². The Labute approximate surface area is 150 Å². The Hall–Kier alpha value is -3.35. The molecule has 136 valence electrons. The zero-order chi connectivity index (χ0) is 18.9. The maximum atomic E-state index is 12.4. The van der Waals surface area contributed by atoms with Gasteiger partial charge in [0.2, 0.25) is 0 Å². The molecule has 7 heteroatoms. The lowest BCUT2D eigenvalue weighted by Gasteiger charge is -2.14. The van der Waals surface area contributed by atoms with Gasteiger partial charge in [-0.15, -0.1) is 0 Å². The summed E-state index contributed by atoms with van der Waals surface area (Å²) in [5.41, 5.74) is 0.892. The molecule has 0 aliphatic heterocycles. The first kappa shape index (κ1) is 19.0. The molecule has 2 amide bonds. The van der Waals surface area contributed by atoms with Crippen LogP contribution in [-0.4, -0.2) is 31.2 Å². The number of amides is 2. The number of imide groups is 1. The van der Waals surface area contributed by atoms with Crippen LogP contribution in [0.25, 0.3) is 0 Å². The smallest absolute Gasteiger partial charge is 0.413 e. The normalized spacial score (nSPS) is 11.2. The molecule has 0 radical (unpaired) electrons. The van der Waals surface area contributed by atoms with Gasteiger partial charge in [0.25, 0.3) is 5.91 Å². The van der Waals surface area contributed by atoms with E-state index in [4.69, 9.17) is 9.47 Å². The second-order valence-electron chi connectivity index (χ2n) is 5.29. The standard InChI is InChI=1S/C19H19NO6/c1-13(17(21)20-19(23)24-2)26-18(22)16-11-7-6-8-14(16)12-25-15-9-4-3-5-10-15/h3-11,13H,12H2,1-2H3,(H,20,21,23)/t13-/m1/s1. The number of carbonyl (C=O) groups is 3. The third-order valence-electron chi connectivity index (χ3n) is 3.44. The summed E-state index contributed by atoms with van der Waals surface area (Å²) in [5, 5.41) is 1.95. The first-order valence-corrected chi connectivity index (χ1v) is 7.86. The number of benzene rings is 2. The highest BCUT2D eigenvalue weighted by molar-refractivity contribution is 5.97. The topological polar surface area (TPSA) is 90.9 Å². The molecule has 2 aromatic carbocycles. The van der Waals surface area contributed by atoms with E-state index < -0.39 is 24.1 Å². The minimum absolute atomic E-state index is 0.165. The van der Waals surface area contributed by atoms with Gasteiger partial charge in [-0.25, -0.2) is 9.59 Å². The summed E-state index contributed by atoms with van der Waals surface area (Å²) in [6.07, 6.45) is -2.08. The zero-order valence-corrected chi connectivity index (χ0v) is 14.4. The van der Waals surface area contributed by atoms with Crippen molar-refractivity contribution in [1.82, 2.24) is 5.32 Å². The van der Waals surface area contributed by atoms with Crippen LogP contribution >= 0.6 is 0 Å². The van der Waals surface area contributed by atoms with Gasteiger partial charge in [-0.2, -0.15) is 0 Å². The molecule has 0 aliphatic rings. The average Bonchev–Trinajstić information content (AvgIpc) is 2.67. The van der Waals surface area contributed by atoms with Gasteiger partial charge in [0.15, 0.2) is 6.10 Å². The SMILES string of the molecule is COC(=O)NC(=O)[C@@H](C)OC(=O)c1ccccc1COc1ccccc1. The summed E-state index contributed by atoms with van der Waals surface area (Å²) < 4.78 is 15.1. The molecule has 0 fully saturated rings. The Bertz CT molecular complexity index is 775. The minimum atomic E-state index is -1.16. The Morgan fingerprint density at radius 2 is 1.65 bits per heavy atom. The van der Waals surface area contributed by atoms with E-state index in [1.165, 1.54) is 6.92 Å². The third kappa shape index (κ3) is 5.34. The molecule has 26 heavy (non-hydrogen) atoms. The van der Waals surface area contributed by atoms with Crippen LogP contribution in [0.5, 0.6) is 5.75 Å². The van der Waals surface area contributed by atoms with Crippen LogP contribution in [0.1, 0.15) is 22.8 Å². The summed E-state index contributed by atoms with van der Waals surface area (Å²) in [7, 11) is 1.13. The third-order valence-corrected chi connectivity index (χ3v) is 3.44. The fraction of sp³-hybridized carbons (Fsp3) is 0.211. The first-order chi connectivity index (χ1) is 12.5. The van der Waals surface area contributed by atoms with E-state index >= 15 is 0 Å². The molecule has 0 unspecified atom stereocenters. The lowest BCUT2D eigenvalue weighted by Crippen LogP contribution is -2.39. The molecule has 2 rings (SSSR count). The number of nitrogens with one attached hydrogen (secondary N) is 1. The molecule has 0 bridgehead atoms. The molecule has 0 aromatic heterocycles. The summed E-state index contributed by atoms with van der Waals surface area (Å²) >= 11 is 0. The largest absolute Gasteiger partial charge is 0.489 e. The molecule has 0 aliphatic carbocycles. The summed E-state index contributed by atoms with van der Waals surface area (Å²) in [6, 6.07) is 15.9. The minimum Gasteiger partial charge on any atom is -0.489 e. The number of rotatable bonds is 6. The van der Waals surface area contributed by atoms with Crippen molar-refractivity contribution in [2.75, 3.05) is 7.11 Å².